The molecule has 0 aliphatic carbocycles. The van der Waals surface area contributed by atoms with Crippen LogP contribution in [-0.4, -0.2) is 21.7 Å². The minimum Gasteiger partial charge on any atom is -0.371 e. The number of hydrogen-bond donors (Lipinski definition) is 2. The SMILES string of the molecule is CC(Nc1cnn(-c2ccccc2)c(=O)c1Cl)C(=O)Nc1ccccc1. The smallest absolute Gasteiger partial charge is 0.292 e. The number of amides is 1. The zero-order chi connectivity index (χ0) is 18.5. The summed E-state index contributed by atoms with van der Waals surface area (Å²) in [6.45, 7) is 1.68. The van der Waals surface area contributed by atoms with Gasteiger partial charge in [0.2, 0.25) is 5.91 Å². The maximum Gasteiger partial charge on any atom is 0.292 e. The van der Waals surface area contributed by atoms with Gasteiger partial charge in [-0.05, 0) is 31.2 Å². The number of carbonyl (C=O) groups excluding carboxylic acids is 1. The average Bonchev–Trinajstić information content (AvgIpc) is 2.67. The van der Waals surface area contributed by atoms with Crippen LogP contribution in [0.2, 0.25) is 5.02 Å². The highest BCUT2D eigenvalue weighted by Crippen LogP contribution is 2.18. The zero-order valence-electron chi connectivity index (χ0n) is 14.0. The Balaban J connectivity index is 1.77. The molecule has 1 amide bonds. The molecule has 3 rings (SSSR count). The first-order chi connectivity index (χ1) is 12.6. The number of carbonyl (C=O) groups is 1. The van der Waals surface area contributed by atoms with Crippen LogP contribution >= 0.6 is 11.6 Å². The highest BCUT2D eigenvalue weighted by atomic mass is 35.5. The maximum absolute atomic E-state index is 12.5. The van der Waals surface area contributed by atoms with E-state index in [1.165, 1.54) is 10.9 Å². The molecule has 2 aromatic carbocycles. The fraction of sp³-hybridized carbons (Fsp3) is 0.105. The third-order valence-electron chi connectivity index (χ3n) is 3.73. The van der Waals surface area contributed by atoms with Gasteiger partial charge in [0.15, 0.2) is 0 Å². The Bertz CT molecular complexity index is 958. The molecule has 1 unspecified atom stereocenters. The van der Waals surface area contributed by atoms with E-state index in [1.807, 2.05) is 24.3 Å². The van der Waals surface area contributed by atoms with Crippen molar-refractivity contribution in [3.63, 3.8) is 0 Å². The van der Waals surface area contributed by atoms with Gasteiger partial charge in [-0.1, -0.05) is 48.0 Å². The van der Waals surface area contributed by atoms with Crippen LogP contribution < -0.4 is 16.2 Å². The third kappa shape index (κ3) is 3.92. The molecule has 0 bridgehead atoms. The Kier molecular flexibility index (Phi) is 5.34. The van der Waals surface area contributed by atoms with Crippen molar-refractivity contribution >= 4 is 28.9 Å². The molecule has 7 heteroatoms. The summed E-state index contributed by atoms with van der Waals surface area (Å²) in [7, 11) is 0. The second-order valence-electron chi connectivity index (χ2n) is 5.65. The van der Waals surface area contributed by atoms with E-state index in [0.29, 0.717) is 17.1 Å². The monoisotopic (exact) mass is 368 g/mol. The summed E-state index contributed by atoms with van der Waals surface area (Å²) >= 11 is 6.19. The molecule has 2 N–H and O–H groups in total. The Hall–Kier alpha value is -3.12. The van der Waals surface area contributed by atoms with Crippen molar-refractivity contribution in [1.29, 1.82) is 0 Å². The topological polar surface area (TPSA) is 76.0 Å². The van der Waals surface area contributed by atoms with Crippen molar-refractivity contribution in [3.05, 3.63) is 82.2 Å². The van der Waals surface area contributed by atoms with Gasteiger partial charge in [-0.3, -0.25) is 9.59 Å². The van der Waals surface area contributed by atoms with E-state index >= 15 is 0 Å². The number of benzene rings is 2. The maximum atomic E-state index is 12.5. The molecule has 1 atom stereocenters. The molecule has 1 aromatic heterocycles. The highest BCUT2D eigenvalue weighted by Gasteiger charge is 2.17. The molecular weight excluding hydrogens is 352 g/mol. The van der Waals surface area contributed by atoms with Crippen molar-refractivity contribution in [1.82, 2.24) is 9.78 Å². The van der Waals surface area contributed by atoms with Gasteiger partial charge in [0.1, 0.15) is 11.1 Å². The number of hydrogen-bond acceptors (Lipinski definition) is 4. The van der Waals surface area contributed by atoms with E-state index in [9.17, 15) is 9.59 Å². The van der Waals surface area contributed by atoms with Gasteiger partial charge in [0.25, 0.3) is 5.56 Å². The Labute approximate surface area is 155 Å². The molecule has 132 valence electrons. The van der Waals surface area contributed by atoms with Crippen molar-refractivity contribution in [2.45, 2.75) is 13.0 Å². The Morgan fingerprint density at radius 3 is 2.35 bits per heavy atom. The number of anilines is 2. The Morgan fingerprint density at radius 2 is 1.69 bits per heavy atom. The summed E-state index contributed by atoms with van der Waals surface area (Å²) < 4.78 is 1.21. The van der Waals surface area contributed by atoms with Gasteiger partial charge in [0.05, 0.1) is 17.6 Å². The van der Waals surface area contributed by atoms with Crippen LogP contribution in [0.25, 0.3) is 5.69 Å². The fourth-order valence-corrected chi connectivity index (χ4v) is 2.54. The van der Waals surface area contributed by atoms with Gasteiger partial charge in [-0.2, -0.15) is 9.78 Å². The lowest BCUT2D eigenvalue weighted by Gasteiger charge is -2.16. The first-order valence-electron chi connectivity index (χ1n) is 8.02. The summed E-state index contributed by atoms with van der Waals surface area (Å²) in [5.74, 6) is -0.250. The van der Waals surface area contributed by atoms with Crippen molar-refractivity contribution in [2.24, 2.45) is 0 Å². The Morgan fingerprint density at radius 1 is 1.08 bits per heavy atom. The summed E-state index contributed by atoms with van der Waals surface area (Å²) in [5.41, 5.74) is 1.15. The van der Waals surface area contributed by atoms with Crippen molar-refractivity contribution < 1.29 is 4.79 Å². The zero-order valence-corrected chi connectivity index (χ0v) is 14.8. The van der Waals surface area contributed by atoms with E-state index < -0.39 is 11.6 Å². The van der Waals surface area contributed by atoms with Crippen LogP contribution in [0.15, 0.2) is 71.7 Å². The fourth-order valence-electron chi connectivity index (χ4n) is 2.36. The van der Waals surface area contributed by atoms with Gasteiger partial charge in [-0.25, -0.2) is 0 Å². The van der Waals surface area contributed by atoms with E-state index in [1.54, 1.807) is 43.3 Å². The number of nitrogens with zero attached hydrogens (tertiary/aromatic N) is 2. The molecule has 0 saturated heterocycles. The van der Waals surface area contributed by atoms with Crippen molar-refractivity contribution in [2.75, 3.05) is 10.6 Å². The highest BCUT2D eigenvalue weighted by molar-refractivity contribution is 6.33. The second kappa shape index (κ2) is 7.84. The van der Waals surface area contributed by atoms with E-state index in [4.69, 9.17) is 11.6 Å². The minimum absolute atomic E-state index is 0.0248. The molecule has 0 fully saturated rings. The molecular formula is C19H17ClN4O2. The summed E-state index contributed by atoms with van der Waals surface area (Å²) in [6.07, 6.45) is 1.43. The van der Waals surface area contributed by atoms with Crippen LogP contribution in [0.1, 0.15) is 6.92 Å². The predicted octanol–water partition coefficient (Wildman–Crippen LogP) is 3.33. The first kappa shape index (κ1) is 17.7. The number of aromatic nitrogens is 2. The second-order valence-corrected chi connectivity index (χ2v) is 6.02. The van der Waals surface area contributed by atoms with E-state index in [2.05, 4.69) is 15.7 Å². The van der Waals surface area contributed by atoms with Gasteiger partial charge >= 0.3 is 0 Å². The lowest BCUT2D eigenvalue weighted by atomic mass is 10.2. The molecule has 0 saturated carbocycles. The van der Waals surface area contributed by atoms with Crippen LogP contribution in [-0.2, 0) is 4.79 Å². The number of para-hydroxylation sites is 2. The van der Waals surface area contributed by atoms with Crippen LogP contribution in [0.4, 0.5) is 11.4 Å². The molecule has 0 aliphatic heterocycles. The molecule has 0 spiro atoms. The molecule has 3 aromatic rings. The molecule has 26 heavy (non-hydrogen) atoms. The van der Waals surface area contributed by atoms with Crippen LogP contribution in [0.3, 0.4) is 0 Å². The summed E-state index contributed by atoms with van der Waals surface area (Å²) in [6, 6.07) is 17.5. The number of rotatable bonds is 5. The first-order valence-corrected chi connectivity index (χ1v) is 8.40. The molecule has 0 aliphatic rings. The lowest BCUT2D eigenvalue weighted by molar-refractivity contribution is -0.116. The van der Waals surface area contributed by atoms with Gasteiger partial charge in [-0.15, -0.1) is 0 Å². The summed E-state index contributed by atoms with van der Waals surface area (Å²) in [5, 5.41) is 9.82. The lowest BCUT2D eigenvalue weighted by Crippen LogP contribution is -2.33. The van der Waals surface area contributed by atoms with E-state index in [-0.39, 0.29) is 10.9 Å². The van der Waals surface area contributed by atoms with Crippen molar-refractivity contribution in [3.8, 4) is 5.69 Å². The molecule has 6 nitrogen and oxygen atoms in total. The van der Waals surface area contributed by atoms with Gasteiger partial charge in [0, 0.05) is 5.69 Å². The summed E-state index contributed by atoms with van der Waals surface area (Å²) in [4.78, 5) is 24.7. The normalized spacial score (nSPS) is 11.6. The average molecular weight is 369 g/mol. The largest absolute Gasteiger partial charge is 0.371 e. The molecule has 1 heterocycles. The predicted molar refractivity (Wildman–Crippen MR) is 103 cm³/mol. The minimum atomic E-state index is -0.610. The number of halogens is 1. The van der Waals surface area contributed by atoms with Crippen LogP contribution in [0, 0.1) is 0 Å². The quantitative estimate of drug-likeness (QED) is 0.724. The van der Waals surface area contributed by atoms with Crippen LogP contribution in [0.5, 0.6) is 0 Å². The number of nitrogens with one attached hydrogen (secondary N) is 2. The standard InChI is InChI=1S/C19H17ClN4O2/c1-13(18(25)23-14-8-4-2-5-9-14)22-16-12-21-24(19(26)17(16)20)15-10-6-3-7-11-15/h2-13,22H,1H3,(H,23,25). The molecule has 0 radical (unpaired) electrons. The van der Waals surface area contributed by atoms with E-state index in [0.717, 1.165) is 0 Å². The van der Waals surface area contributed by atoms with Gasteiger partial charge < -0.3 is 10.6 Å². The third-order valence-corrected chi connectivity index (χ3v) is 4.09.